The van der Waals surface area contributed by atoms with Crippen LogP contribution in [0.1, 0.15) is 11.5 Å². The monoisotopic (exact) mass is 396 g/mol. The molecule has 0 spiro atoms. The molecule has 1 aliphatic heterocycles. The highest BCUT2D eigenvalue weighted by atomic mass is 35.5. The first-order valence-electron chi connectivity index (χ1n) is 9.26. The molecule has 2 aromatic heterocycles. The van der Waals surface area contributed by atoms with Crippen LogP contribution in [0.4, 0.5) is 5.82 Å². The Bertz CT molecular complexity index is 966. The van der Waals surface area contributed by atoms with Gasteiger partial charge in [0, 0.05) is 43.0 Å². The van der Waals surface area contributed by atoms with Gasteiger partial charge in [0.1, 0.15) is 11.6 Å². The van der Waals surface area contributed by atoms with Gasteiger partial charge < -0.3 is 14.2 Å². The minimum Gasteiger partial charge on any atom is -0.441 e. The Labute approximate surface area is 168 Å². The molecule has 0 aliphatic carbocycles. The maximum absolute atomic E-state index is 12.8. The van der Waals surface area contributed by atoms with E-state index in [-0.39, 0.29) is 12.3 Å². The van der Waals surface area contributed by atoms with Crippen molar-refractivity contribution in [2.75, 3.05) is 31.1 Å². The second-order valence-corrected chi connectivity index (χ2v) is 7.20. The van der Waals surface area contributed by atoms with Crippen LogP contribution in [-0.2, 0) is 11.2 Å². The number of nitrogens with zero attached hydrogens (tertiary/aromatic N) is 4. The number of hydrogen-bond donors (Lipinski definition) is 0. The Morgan fingerprint density at radius 2 is 1.96 bits per heavy atom. The Kier molecular flexibility index (Phi) is 5.30. The zero-order valence-corrected chi connectivity index (χ0v) is 16.4. The number of aromatic nitrogens is 2. The van der Waals surface area contributed by atoms with Gasteiger partial charge in [0.15, 0.2) is 0 Å². The largest absolute Gasteiger partial charge is 0.441 e. The van der Waals surface area contributed by atoms with E-state index in [2.05, 4.69) is 14.9 Å². The molecule has 144 valence electrons. The molecule has 1 aliphatic rings. The lowest BCUT2D eigenvalue weighted by Gasteiger charge is -2.35. The molecule has 1 fully saturated rings. The van der Waals surface area contributed by atoms with E-state index in [1.54, 1.807) is 18.3 Å². The van der Waals surface area contributed by atoms with E-state index in [1.165, 1.54) is 0 Å². The van der Waals surface area contributed by atoms with Crippen molar-refractivity contribution in [2.45, 2.75) is 13.3 Å². The lowest BCUT2D eigenvalue weighted by atomic mass is 10.2. The van der Waals surface area contributed by atoms with Crippen LogP contribution in [0, 0.1) is 6.92 Å². The molecule has 0 saturated carbocycles. The highest BCUT2D eigenvalue weighted by molar-refractivity contribution is 6.30. The zero-order valence-electron chi connectivity index (χ0n) is 15.6. The number of carbonyl (C=O) groups excluding carboxylic acids is 1. The van der Waals surface area contributed by atoms with Gasteiger partial charge in [0.05, 0.1) is 12.1 Å². The lowest BCUT2D eigenvalue weighted by Crippen LogP contribution is -2.49. The summed E-state index contributed by atoms with van der Waals surface area (Å²) in [6.07, 6.45) is 2.02. The Morgan fingerprint density at radius 3 is 2.68 bits per heavy atom. The van der Waals surface area contributed by atoms with Gasteiger partial charge in [-0.25, -0.2) is 9.97 Å². The minimum absolute atomic E-state index is 0.0646. The maximum Gasteiger partial charge on any atom is 0.228 e. The molecule has 0 bridgehead atoms. The smallest absolute Gasteiger partial charge is 0.228 e. The SMILES string of the molecule is Cc1oc(-c2cccc(Cl)c2)nc1CC(=O)N1CCN(c2ccccn2)CC1. The topological polar surface area (TPSA) is 62.5 Å². The molecule has 1 saturated heterocycles. The number of piperazine rings is 1. The van der Waals surface area contributed by atoms with E-state index >= 15 is 0 Å². The fourth-order valence-corrected chi connectivity index (χ4v) is 3.51. The second-order valence-electron chi connectivity index (χ2n) is 6.76. The van der Waals surface area contributed by atoms with Crippen LogP contribution in [0.5, 0.6) is 0 Å². The van der Waals surface area contributed by atoms with E-state index in [1.807, 2.05) is 42.2 Å². The Balaban J connectivity index is 1.39. The number of amides is 1. The van der Waals surface area contributed by atoms with Gasteiger partial charge in [0.25, 0.3) is 0 Å². The summed E-state index contributed by atoms with van der Waals surface area (Å²) in [6, 6.07) is 13.2. The Morgan fingerprint density at radius 1 is 1.14 bits per heavy atom. The van der Waals surface area contributed by atoms with Crippen LogP contribution in [0.25, 0.3) is 11.5 Å². The number of rotatable bonds is 4. The zero-order chi connectivity index (χ0) is 19.5. The predicted octanol–water partition coefficient (Wildman–Crippen LogP) is 3.59. The van der Waals surface area contributed by atoms with Gasteiger partial charge in [-0.05, 0) is 37.3 Å². The summed E-state index contributed by atoms with van der Waals surface area (Å²) in [5, 5.41) is 0.622. The molecule has 0 unspecified atom stereocenters. The van der Waals surface area contributed by atoms with Crippen LogP contribution < -0.4 is 4.90 Å². The molecule has 6 nitrogen and oxygen atoms in total. The summed E-state index contributed by atoms with van der Waals surface area (Å²) in [5.41, 5.74) is 1.48. The number of carbonyl (C=O) groups is 1. The van der Waals surface area contributed by atoms with Crippen molar-refractivity contribution in [2.24, 2.45) is 0 Å². The van der Waals surface area contributed by atoms with Gasteiger partial charge in [0.2, 0.25) is 11.8 Å². The number of aryl methyl sites for hydroxylation is 1. The van der Waals surface area contributed by atoms with Crippen molar-refractivity contribution in [3.63, 3.8) is 0 Å². The van der Waals surface area contributed by atoms with Gasteiger partial charge in [-0.1, -0.05) is 23.7 Å². The van der Waals surface area contributed by atoms with Gasteiger partial charge in [-0.2, -0.15) is 0 Å². The molecule has 7 heteroatoms. The third kappa shape index (κ3) is 4.02. The number of halogens is 1. The number of pyridine rings is 1. The fraction of sp³-hybridized carbons (Fsp3) is 0.286. The van der Waals surface area contributed by atoms with E-state index in [0.29, 0.717) is 35.5 Å². The summed E-state index contributed by atoms with van der Waals surface area (Å²) in [4.78, 5) is 25.7. The van der Waals surface area contributed by atoms with Crippen molar-refractivity contribution in [1.29, 1.82) is 0 Å². The molecule has 1 aromatic carbocycles. The van der Waals surface area contributed by atoms with Crippen molar-refractivity contribution in [1.82, 2.24) is 14.9 Å². The van der Waals surface area contributed by atoms with E-state index in [9.17, 15) is 4.79 Å². The normalized spacial score (nSPS) is 14.4. The fourth-order valence-electron chi connectivity index (χ4n) is 3.32. The van der Waals surface area contributed by atoms with Gasteiger partial charge in [-0.3, -0.25) is 4.79 Å². The Hall–Kier alpha value is -2.86. The van der Waals surface area contributed by atoms with Crippen LogP contribution in [0.3, 0.4) is 0 Å². The quantitative estimate of drug-likeness (QED) is 0.674. The molecule has 0 radical (unpaired) electrons. The number of oxazole rings is 1. The molecule has 28 heavy (non-hydrogen) atoms. The molecule has 0 atom stereocenters. The third-order valence-electron chi connectivity index (χ3n) is 4.89. The minimum atomic E-state index is 0.0646. The van der Waals surface area contributed by atoms with Crippen molar-refractivity contribution >= 4 is 23.3 Å². The highest BCUT2D eigenvalue weighted by Crippen LogP contribution is 2.25. The highest BCUT2D eigenvalue weighted by Gasteiger charge is 2.24. The van der Waals surface area contributed by atoms with E-state index < -0.39 is 0 Å². The first kappa shape index (κ1) is 18.5. The summed E-state index contributed by atoms with van der Waals surface area (Å²) in [7, 11) is 0. The molecule has 0 N–H and O–H groups in total. The summed E-state index contributed by atoms with van der Waals surface area (Å²) >= 11 is 6.04. The van der Waals surface area contributed by atoms with Crippen LogP contribution in [-0.4, -0.2) is 47.0 Å². The van der Waals surface area contributed by atoms with E-state index in [0.717, 1.165) is 24.5 Å². The molecular formula is C21H21ClN4O2. The average molecular weight is 397 g/mol. The average Bonchev–Trinajstić information content (AvgIpc) is 3.09. The van der Waals surface area contributed by atoms with Crippen LogP contribution in [0.2, 0.25) is 5.02 Å². The summed E-state index contributed by atoms with van der Waals surface area (Å²) < 4.78 is 5.76. The molecule has 4 rings (SSSR count). The lowest BCUT2D eigenvalue weighted by molar-refractivity contribution is -0.130. The number of benzene rings is 1. The molecular weight excluding hydrogens is 376 g/mol. The number of hydrogen-bond acceptors (Lipinski definition) is 5. The standard InChI is InChI=1S/C21H21ClN4O2/c1-15-18(24-21(28-15)16-5-4-6-17(22)13-16)14-20(27)26-11-9-25(10-12-26)19-7-2-3-8-23-19/h2-8,13H,9-12,14H2,1H3. The van der Waals surface area contributed by atoms with Crippen molar-refractivity contribution < 1.29 is 9.21 Å². The van der Waals surface area contributed by atoms with Crippen LogP contribution >= 0.6 is 11.6 Å². The second kappa shape index (κ2) is 8.02. The predicted molar refractivity (Wildman–Crippen MR) is 108 cm³/mol. The van der Waals surface area contributed by atoms with Gasteiger partial charge >= 0.3 is 0 Å². The first-order valence-corrected chi connectivity index (χ1v) is 9.64. The van der Waals surface area contributed by atoms with Crippen LogP contribution in [0.15, 0.2) is 53.1 Å². The third-order valence-corrected chi connectivity index (χ3v) is 5.12. The maximum atomic E-state index is 12.8. The van der Waals surface area contributed by atoms with Gasteiger partial charge in [-0.15, -0.1) is 0 Å². The first-order chi connectivity index (χ1) is 13.6. The van der Waals surface area contributed by atoms with Crippen molar-refractivity contribution in [3.8, 4) is 11.5 Å². The van der Waals surface area contributed by atoms with E-state index in [4.69, 9.17) is 16.0 Å². The molecule has 3 aromatic rings. The molecule has 3 heterocycles. The number of anilines is 1. The molecule has 1 amide bonds. The van der Waals surface area contributed by atoms with Crippen molar-refractivity contribution in [3.05, 3.63) is 65.1 Å². The summed E-state index contributed by atoms with van der Waals surface area (Å²) in [5.74, 6) is 2.17. The summed E-state index contributed by atoms with van der Waals surface area (Å²) in [6.45, 7) is 4.73.